The highest BCUT2D eigenvalue weighted by Crippen LogP contribution is 2.32. The van der Waals surface area contributed by atoms with Crippen molar-refractivity contribution in [1.82, 2.24) is 19.7 Å². The van der Waals surface area contributed by atoms with E-state index in [1.165, 1.54) is 19.2 Å². The molecule has 1 N–H and O–H groups in total. The van der Waals surface area contributed by atoms with Crippen LogP contribution in [0.5, 0.6) is 5.75 Å². The number of methoxy groups -OCH3 is 1. The molecule has 1 amide bonds. The molecule has 4 aromatic rings. The third-order valence-corrected chi connectivity index (χ3v) is 4.53. The zero-order chi connectivity index (χ0) is 22.7. The van der Waals surface area contributed by atoms with Crippen LogP contribution in [0.25, 0.3) is 17.1 Å². The number of rotatable bonds is 5. The summed E-state index contributed by atoms with van der Waals surface area (Å²) in [6.07, 6.45) is -0.570. The highest BCUT2D eigenvalue weighted by Gasteiger charge is 2.39. The van der Waals surface area contributed by atoms with Gasteiger partial charge in [-0.25, -0.2) is 14.6 Å². The summed E-state index contributed by atoms with van der Waals surface area (Å²) in [6, 6.07) is 14.4. The van der Waals surface area contributed by atoms with Crippen LogP contribution in [0.1, 0.15) is 16.1 Å². The number of hydrogen-bond donors (Lipinski definition) is 1. The summed E-state index contributed by atoms with van der Waals surface area (Å²) in [5, 5.41) is 6.08. The number of carbonyl (C=O) groups is 1. The van der Waals surface area contributed by atoms with Crippen molar-refractivity contribution in [3.63, 3.8) is 0 Å². The van der Waals surface area contributed by atoms with Gasteiger partial charge in [0.15, 0.2) is 11.5 Å². The molecule has 0 spiro atoms. The van der Waals surface area contributed by atoms with Gasteiger partial charge >= 0.3 is 6.18 Å². The Bertz CT molecular complexity index is 1220. The number of aromatic nitrogens is 4. The lowest BCUT2D eigenvalue weighted by molar-refractivity contribution is -0.141. The Kier molecular flexibility index (Phi) is 5.59. The van der Waals surface area contributed by atoms with E-state index in [4.69, 9.17) is 4.74 Å². The van der Waals surface area contributed by atoms with Crippen LogP contribution in [-0.4, -0.2) is 32.8 Å². The first-order valence-electron chi connectivity index (χ1n) is 9.35. The minimum absolute atomic E-state index is 0.319. The average Bonchev–Trinajstić information content (AvgIpc) is 3.27. The average molecular weight is 439 g/mol. The van der Waals surface area contributed by atoms with Crippen LogP contribution in [-0.2, 0) is 6.18 Å². The van der Waals surface area contributed by atoms with Crippen molar-refractivity contribution >= 4 is 11.6 Å². The van der Waals surface area contributed by atoms with Gasteiger partial charge in [0.1, 0.15) is 5.75 Å². The van der Waals surface area contributed by atoms with Crippen molar-refractivity contribution in [1.29, 1.82) is 0 Å². The lowest BCUT2D eigenvalue weighted by atomic mass is 10.1. The van der Waals surface area contributed by atoms with Crippen molar-refractivity contribution in [2.24, 2.45) is 0 Å². The normalized spacial score (nSPS) is 11.2. The van der Waals surface area contributed by atoms with E-state index in [0.29, 0.717) is 28.5 Å². The van der Waals surface area contributed by atoms with Crippen LogP contribution >= 0.6 is 0 Å². The van der Waals surface area contributed by atoms with Crippen LogP contribution < -0.4 is 10.1 Å². The van der Waals surface area contributed by atoms with Crippen molar-refractivity contribution in [2.45, 2.75) is 6.18 Å². The van der Waals surface area contributed by atoms with Crippen LogP contribution in [0, 0.1) is 0 Å². The highest BCUT2D eigenvalue weighted by atomic mass is 19.4. The number of hydrogen-bond acceptors (Lipinski definition) is 5. The molecule has 0 fully saturated rings. The van der Waals surface area contributed by atoms with Gasteiger partial charge in [0.05, 0.1) is 18.4 Å². The van der Waals surface area contributed by atoms with Crippen LogP contribution in [0.15, 0.2) is 73.2 Å². The number of nitrogens with zero attached hydrogens (tertiary/aromatic N) is 4. The van der Waals surface area contributed by atoms with Crippen LogP contribution in [0.3, 0.4) is 0 Å². The summed E-state index contributed by atoms with van der Waals surface area (Å²) >= 11 is 0. The number of ether oxygens (including phenoxy) is 1. The molecule has 2 aromatic carbocycles. The van der Waals surface area contributed by atoms with Gasteiger partial charge in [-0.15, -0.1) is 0 Å². The van der Waals surface area contributed by atoms with Crippen molar-refractivity contribution < 1.29 is 22.7 Å². The summed E-state index contributed by atoms with van der Waals surface area (Å²) in [6.45, 7) is 0. The predicted molar refractivity (Wildman–Crippen MR) is 111 cm³/mol. The third kappa shape index (κ3) is 4.43. The Morgan fingerprint density at radius 3 is 2.25 bits per heavy atom. The number of halogens is 3. The van der Waals surface area contributed by atoms with Gasteiger partial charge in [-0.2, -0.15) is 18.3 Å². The second-order valence-electron chi connectivity index (χ2n) is 6.64. The molecule has 0 saturated carbocycles. The molecular weight excluding hydrogens is 423 g/mol. The Labute approximate surface area is 180 Å². The molecule has 2 heterocycles. The predicted octanol–water partition coefficient (Wildman–Crippen LogP) is 4.61. The van der Waals surface area contributed by atoms with Gasteiger partial charge in [0.25, 0.3) is 5.91 Å². The smallest absolute Gasteiger partial charge is 0.435 e. The van der Waals surface area contributed by atoms with E-state index in [-0.39, 0.29) is 0 Å². The van der Waals surface area contributed by atoms with E-state index < -0.39 is 23.3 Å². The molecule has 0 unspecified atom stereocenters. The van der Waals surface area contributed by atoms with Gasteiger partial charge < -0.3 is 10.1 Å². The molecular formula is C22H16F3N5O2. The molecule has 32 heavy (non-hydrogen) atoms. The molecule has 4 rings (SSSR count). The number of anilines is 1. The molecule has 0 bridgehead atoms. The number of amides is 1. The fourth-order valence-corrected chi connectivity index (χ4v) is 2.97. The first kappa shape index (κ1) is 21.0. The minimum Gasteiger partial charge on any atom is -0.497 e. The highest BCUT2D eigenvalue weighted by molar-refractivity contribution is 6.05. The first-order valence-corrected chi connectivity index (χ1v) is 9.35. The second-order valence-corrected chi connectivity index (χ2v) is 6.64. The maximum atomic E-state index is 13.5. The largest absolute Gasteiger partial charge is 0.497 e. The summed E-state index contributed by atoms with van der Waals surface area (Å²) < 4.78 is 46.7. The topological polar surface area (TPSA) is 81.9 Å². The monoisotopic (exact) mass is 439 g/mol. The van der Waals surface area contributed by atoms with Crippen molar-refractivity contribution in [3.8, 4) is 22.8 Å². The van der Waals surface area contributed by atoms with Gasteiger partial charge in [0.2, 0.25) is 0 Å². The molecule has 0 atom stereocenters. The van der Waals surface area contributed by atoms with Gasteiger partial charge in [0, 0.05) is 29.8 Å². The standard InChI is InChI=1S/C22H16F3N5O2/c1-32-17-9-7-16(8-10-17)30-13-18(19(29-30)22(23,24)25)21(31)28-15-5-3-14(4-6-15)20-26-11-2-12-27-20/h2-13H,1H3,(H,28,31). The maximum Gasteiger partial charge on any atom is 0.435 e. The number of carbonyl (C=O) groups excluding carboxylic acids is 1. The Hall–Kier alpha value is -4.21. The Balaban J connectivity index is 1.60. The van der Waals surface area contributed by atoms with E-state index in [9.17, 15) is 18.0 Å². The van der Waals surface area contributed by atoms with E-state index in [1.54, 1.807) is 54.9 Å². The molecule has 0 radical (unpaired) electrons. The summed E-state index contributed by atoms with van der Waals surface area (Å²) in [4.78, 5) is 20.9. The van der Waals surface area contributed by atoms with E-state index >= 15 is 0 Å². The summed E-state index contributed by atoms with van der Waals surface area (Å²) in [7, 11) is 1.48. The van der Waals surface area contributed by atoms with Gasteiger partial charge in [-0.3, -0.25) is 4.79 Å². The molecule has 2 aromatic heterocycles. The fourth-order valence-electron chi connectivity index (χ4n) is 2.97. The van der Waals surface area contributed by atoms with Crippen molar-refractivity contribution in [3.05, 3.63) is 84.4 Å². The molecule has 0 aliphatic heterocycles. The van der Waals surface area contributed by atoms with Crippen molar-refractivity contribution in [2.75, 3.05) is 12.4 Å². The molecule has 10 heteroatoms. The maximum absolute atomic E-state index is 13.5. The fraction of sp³-hybridized carbons (Fsp3) is 0.0909. The molecule has 0 aliphatic carbocycles. The first-order chi connectivity index (χ1) is 15.3. The lowest BCUT2D eigenvalue weighted by Crippen LogP contribution is -2.17. The summed E-state index contributed by atoms with van der Waals surface area (Å²) in [5.74, 6) is 0.102. The second kappa shape index (κ2) is 8.50. The molecule has 162 valence electrons. The van der Waals surface area contributed by atoms with Crippen LogP contribution in [0.2, 0.25) is 0 Å². The Morgan fingerprint density at radius 1 is 1.00 bits per heavy atom. The zero-order valence-corrected chi connectivity index (χ0v) is 16.7. The molecule has 7 nitrogen and oxygen atoms in total. The lowest BCUT2D eigenvalue weighted by Gasteiger charge is -2.08. The zero-order valence-electron chi connectivity index (χ0n) is 16.7. The number of nitrogens with one attached hydrogen (secondary N) is 1. The Morgan fingerprint density at radius 2 is 1.66 bits per heavy atom. The quantitative estimate of drug-likeness (QED) is 0.491. The number of alkyl halides is 3. The van der Waals surface area contributed by atoms with E-state index in [1.807, 2.05) is 0 Å². The minimum atomic E-state index is -4.81. The van der Waals surface area contributed by atoms with Gasteiger partial charge in [-0.05, 0) is 54.6 Å². The molecule has 0 saturated heterocycles. The third-order valence-electron chi connectivity index (χ3n) is 4.53. The van der Waals surface area contributed by atoms with Crippen LogP contribution in [0.4, 0.5) is 18.9 Å². The molecule has 0 aliphatic rings. The SMILES string of the molecule is COc1ccc(-n2cc(C(=O)Nc3ccc(-c4ncccn4)cc3)c(C(F)(F)F)n2)cc1. The number of benzene rings is 2. The van der Waals surface area contributed by atoms with Gasteiger partial charge in [-0.1, -0.05) is 0 Å². The van der Waals surface area contributed by atoms with E-state index in [2.05, 4.69) is 20.4 Å². The summed E-state index contributed by atoms with van der Waals surface area (Å²) in [5.41, 5.74) is -0.501. The van der Waals surface area contributed by atoms with E-state index in [0.717, 1.165) is 10.9 Å².